The maximum Gasteiger partial charge on any atom is 0.191 e. The van der Waals surface area contributed by atoms with Crippen molar-refractivity contribution in [2.45, 2.75) is 18.4 Å². The first-order chi connectivity index (χ1) is 13.3. The summed E-state index contributed by atoms with van der Waals surface area (Å²) >= 11 is 1.82. The van der Waals surface area contributed by atoms with Crippen molar-refractivity contribution in [3.63, 3.8) is 0 Å². The lowest BCUT2D eigenvalue weighted by atomic mass is 9.78. The van der Waals surface area contributed by atoms with E-state index in [0.29, 0.717) is 12.0 Å². The number of hydrogen-bond donors (Lipinski definition) is 2. The standard InChI is InChI=1S/C21H28N4OS/c1-22-21(23-14-17-13-16-5-2-3-6-18(16)17)24-15-19(20-7-4-12-27-20)25-8-10-26-11-9-25/h2-7,12,17,19H,8-11,13-15H2,1H3,(H2,22,23,24). The molecule has 2 aliphatic rings. The highest BCUT2D eigenvalue weighted by Gasteiger charge is 2.26. The number of benzene rings is 1. The van der Waals surface area contributed by atoms with E-state index >= 15 is 0 Å². The normalized spacial score (nSPS) is 21.2. The van der Waals surface area contributed by atoms with Crippen LogP contribution in [0.25, 0.3) is 0 Å². The van der Waals surface area contributed by atoms with Crippen LogP contribution in [-0.4, -0.2) is 57.3 Å². The molecule has 1 aliphatic heterocycles. The summed E-state index contributed by atoms with van der Waals surface area (Å²) in [5.41, 5.74) is 2.96. The van der Waals surface area contributed by atoms with Gasteiger partial charge in [-0.05, 0) is 29.0 Å². The van der Waals surface area contributed by atoms with Crippen molar-refractivity contribution >= 4 is 17.3 Å². The molecule has 0 bridgehead atoms. The molecule has 1 saturated heterocycles. The summed E-state index contributed by atoms with van der Waals surface area (Å²) in [4.78, 5) is 8.34. The Morgan fingerprint density at radius 1 is 1.22 bits per heavy atom. The lowest BCUT2D eigenvalue weighted by Crippen LogP contribution is -2.47. The van der Waals surface area contributed by atoms with E-state index in [-0.39, 0.29) is 0 Å². The summed E-state index contributed by atoms with van der Waals surface area (Å²) in [5.74, 6) is 1.47. The van der Waals surface area contributed by atoms with Gasteiger partial charge in [0.05, 0.1) is 19.3 Å². The highest BCUT2D eigenvalue weighted by Crippen LogP contribution is 2.34. The SMILES string of the molecule is CN=C(NCC1Cc2ccccc21)NCC(c1cccs1)N1CCOCC1. The molecule has 0 radical (unpaired) electrons. The van der Waals surface area contributed by atoms with E-state index in [2.05, 4.69) is 62.3 Å². The zero-order chi connectivity index (χ0) is 18.5. The maximum absolute atomic E-state index is 5.53. The van der Waals surface area contributed by atoms with E-state index in [9.17, 15) is 0 Å². The van der Waals surface area contributed by atoms with Gasteiger partial charge in [0.1, 0.15) is 0 Å². The predicted molar refractivity (Wildman–Crippen MR) is 112 cm³/mol. The van der Waals surface area contributed by atoms with Crippen molar-refractivity contribution in [2.75, 3.05) is 46.4 Å². The number of morpholine rings is 1. The second kappa shape index (κ2) is 8.87. The topological polar surface area (TPSA) is 48.9 Å². The van der Waals surface area contributed by atoms with Gasteiger partial charge in [-0.2, -0.15) is 0 Å². The molecule has 2 aromatic rings. The third-order valence-electron chi connectivity index (χ3n) is 5.52. The van der Waals surface area contributed by atoms with Gasteiger partial charge in [-0.15, -0.1) is 11.3 Å². The quantitative estimate of drug-likeness (QED) is 0.594. The van der Waals surface area contributed by atoms with Crippen LogP contribution in [0.1, 0.15) is 28.0 Å². The molecule has 0 saturated carbocycles. The van der Waals surface area contributed by atoms with Crippen LogP contribution in [0.3, 0.4) is 0 Å². The zero-order valence-electron chi connectivity index (χ0n) is 15.9. The highest BCUT2D eigenvalue weighted by molar-refractivity contribution is 7.10. The molecule has 2 N–H and O–H groups in total. The smallest absolute Gasteiger partial charge is 0.191 e. The van der Waals surface area contributed by atoms with Crippen molar-refractivity contribution in [2.24, 2.45) is 4.99 Å². The minimum absolute atomic E-state index is 0.358. The van der Waals surface area contributed by atoms with Crippen LogP contribution < -0.4 is 10.6 Å². The number of guanidine groups is 1. The van der Waals surface area contributed by atoms with Gasteiger partial charge >= 0.3 is 0 Å². The van der Waals surface area contributed by atoms with E-state index < -0.39 is 0 Å². The first kappa shape index (κ1) is 18.5. The Hall–Kier alpha value is -1.89. The van der Waals surface area contributed by atoms with Gasteiger partial charge in [0, 0.05) is 44.0 Å². The summed E-state index contributed by atoms with van der Waals surface area (Å²) in [5, 5.41) is 9.22. The summed E-state index contributed by atoms with van der Waals surface area (Å²) in [7, 11) is 1.85. The van der Waals surface area contributed by atoms with Crippen LogP contribution in [0, 0.1) is 0 Å². The molecule has 1 aromatic carbocycles. The molecular formula is C21H28N4OS. The highest BCUT2D eigenvalue weighted by atomic mass is 32.1. The number of nitrogens with one attached hydrogen (secondary N) is 2. The van der Waals surface area contributed by atoms with Gasteiger partial charge in [-0.25, -0.2) is 0 Å². The molecule has 4 rings (SSSR count). The Morgan fingerprint density at radius 2 is 2.07 bits per heavy atom. The first-order valence-electron chi connectivity index (χ1n) is 9.72. The van der Waals surface area contributed by atoms with Crippen LogP contribution >= 0.6 is 11.3 Å². The fourth-order valence-electron chi connectivity index (χ4n) is 3.96. The van der Waals surface area contributed by atoms with Crippen molar-refractivity contribution in [1.82, 2.24) is 15.5 Å². The molecule has 2 atom stereocenters. The van der Waals surface area contributed by atoms with Crippen molar-refractivity contribution < 1.29 is 4.74 Å². The number of nitrogens with zero attached hydrogens (tertiary/aromatic N) is 2. The predicted octanol–water partition coefficient (Wildman–Crippen LogP) is 2.63. The second-order valence-corrected chi connectivity index (χ2v) is 8.09. The molecule has 1 fully saturated rings. The van der Waals surface area contributed by atoms with Gasteiger partial charge < -0.3 is 15.4 Å². The fourth-order valence-corrected chi connectivity index (χ4v) is 4.82. The second-order valence-electron chi connectivity index (χ2n) is 7.11. The van der Waals surface area contributed by atoms with Crippen molar-refractivity contribution in [1.29, 1.82) is 0 Å². The fraction of sp³-hybridized carbons (Fsp3) is 0.476. The number of rotatable bonds is 6. The van der Waals surface area contributed by atoms with E-state index in [0.717, 1.165) is 51.8 Å². The number of fused-ring (bicyclic) bond motifs is 1. The summed E-state index contributed by atoms with van der Waals surface area (Å²) in [6.45, 7) is 5.37. The van der Waals surface area contributed by atoms with Crippen LogP contribution in [-0.2, 0) is 11.2 Å². The van der Waals surface area contributed by atoms with Crippen LogP contribution in [0.2, 0.25) is 0 Å². The molecule has 1 aliphatic carbocycles. The lowest BCUT2D eigenvalue weighted by Gasteiger charge is -2.34. The van der Waals surface area contributed by atoms with Crippen LogP contribution in [0.5, 0.6) is 0 Å². The zero-order valence-corrected chi connectivity index (χ0v) is 16.7. The monoisotopic (exact) mass is 384 g/mol. The molecule has 5 nitrogen and oxygen atoms in total. The summed E-state index contributed by atoms with van der Waals surface area (Å²) in [6.07, 6.45) is 1.16. The Labute approximate surface area is 165 Å². The number of aliphatic imine (C=N–C) groups is 1. The van der Waals surface area contributed by atoms with Gasteiger partial charge in [0.25, 0.3) is 0 Å². The average molecular weight is 385 g/mol. The number of hydrogen-bond acceptors (Lipinski definition) is 4. The lowest BCUT2D eigenvalue weighted by molar-refractivity contribution is 0.0177. The Bertz CT molecular complexity index is 755. The molecule has 6 heteroatoms. The Morgan fingerprint density at radius 3 is 2.81 bits per heavy atom. The first-order valence-corrected chi connectivity index (χ1v) is 10.6. The van der Waals surface area contributed by atoms with Gasteiger partial charge in [0.15, 0.2) is 5.96 Å². The summed E-state index contributed by atoms with van der Waals surface area (Å²) in [6, 6.07) is 13.4. The Kier molecular flexibility index (Phi) is 6.07. The molecular weight excluding hydrogens is 356 g/mol. The maximum atomic E-state index is 5.53. The van der Waals surface area contributed by atoms with E-state index in [1.807, 2.05) is 18.4 Å². The van der Waals surface area contributed by atoms with Crippen molar-refractivity contribution in [3.05, 3.63) is 57.8 Å². The number of thiophene rings is 1. The van der Waals surface area contributed by atoms with E-state index in [1.54, 1.807) is 0 Å². The third-order valence-corrected chi connectivity index (χ3v) is 6.50. The minimum atomic E-state index is 0.358. The van der Waals surface area contributed by atoms with Gasteiger partial charge in [0.2, 0.25) is 0 Å². The Balaban J connectivity index is 1.32. The molecule has 2 heterocycles. The molecule has 0 spiro atoms. The van der Waals surface area contributed by atoms with E-state index in [1.165, 1.54) is 16.0 Å². The van der Waals surface area contributed by atoms with Crippen molar-refractivity contribution in [3.8, 4) is 0 Å². The third kappa shape index (κ3) is 4.34. The average Bonchev–Trinajstić information content (AvgIpc) is 3.22. The molecule has 144 valence electrons. The summed E-state index contributed by atoms with van der Waals surface area (Å²) < 4.78 is 5.53. The van der Waals surface area contributed by atoms with Gasteiger partial charge in [-0.3, -0.25) is 9.89 Å². The minimum Gasteiger partial charge on any atom is -0.379 e. The number of ether oxygens (including phenoxy) is 1. The molecule has 27 heavy (non-hydrogen) atoms. The van der Waals surface area contributed by atoms with E-state index in [4.69, 9.17) is 4.74 Å². The largest absolute Gasteiger partial charge is 0.379 e. The molecule has 0 amide bonds. The molecule has 1 aromatic heterocycles. The van der Waals surface area contributed by atoms with Gasteiger partial charge in [-0.1, -0.05) is 30.3 Å². The van der Waals surface area contributed by atoms with Crippen LogP contribution in [0.4, 0.5) is 0 Å². The van der Waals surface area contributed by atoms with Crippen LogP contribution in [0.15, 0.2) is 46.8 Å². The molecule has 2 unspecified atom stereocenters.